The van der Waals surface area contributed by atoms with Crippen molar-refractivity contribution in [2.24, 2.45) is 4.99 Å². The van der Waals surface area contributed by atoms with Gasteiger partial charge in [0.25, 0.3) is 0 Å². The largest absolute Gasteiger partial charge is 0.247 e. The predicted octanol–water partition coefficient (Wildman–Crippen LogP) is 2.86. The van der Waals surface area contributed by atoms with Crippen molar-refractivity contribution in [2.45, 2.75) is 13.8 Å². The van der Waals surface area contributed by atoms with Crippen molar-refractivity contribution in [3.8, 4) is 0 Å². The van der Waals surface area contributed by atoms with Gasteiger partial charge in [-0.25, -0.2) is 4.99 Å². The van der Waals surface area contributed by atoms with Gasteiger partial charge in [-0.2, -0.15) is 0 Å². The Morgan fingerprint density at radius 1 is 1.60 bits per heavy atom. The van der Waals surface area contributed by atoms with Crippen LogP contribution in [0.15, 0.2) is 29.4 Å². The summed E-state index contributed by atoms with van der Waals surface area (Å²) in [4.78, 5) is 4.18. The first-order valence-electron chi connectivity index (χ1n) is 3.11. The lowest BCUT2D eigenvalue weighted by Crippen LogP contribution is -1.83. The number of hydrogen-bond acceptors (Lipinski definition) is 2. The highest BCUT2D eigenvalue weighted by atomic mass is 32.2. The molecule has 0 unspecified atom stereocenters. The summed E-state index contributed by atoms with van der Waals surface area (Å²) in [6, 6.07) is 0. The number of hydrogen-bond donors (Lipinski definition) is 0. The molecule has 0 saturated heterocycles. The molecule has 0 radical (unpaired) electrons. The molecule has 0 atom stereocenters. The fraction of sp³-hybridized carbons (Fsp3) is 0.375. The summed E-state index contributed by atoms with van der Waals surface area (Å²) in [6.45, 7) is 7.56. The normalized spacial score (nSPS) is 12.5. The molecule has 0 spiro atoms. The first kappa shape index (κ1) is 9.50. The molecule has 10 heavy (non-hydrogen) atoms. The molecular weight excluding hydrogens is 142 g/mol. The summed E-state index contributed by atoms with van der Waals surface area (Å²) in [6.07, 6.45) is 5.94. The van der Waals surface area contributed by atoms with Crippen molar-refractivity contribution < 1.29 is 0 Å². The van der Waals surface area contributed by atoms with Crippen LogP contribution in [0.2, 0.25) is 0 Å². The highest BCUT2D eigenvalue weighted by molar-refractivity contribution is 8.13. The van der Waals surface area contributed by atoms with Gasteiger partial charge in [-0.15, -0.1) is 11.8 Å². The third kappa shape index (κ3) is 4.39. The molecule has 0 aliphatic carbocycles. The van der Waals surface area contributed by atoms with Gasteiger partial charge >= 0.3 is 0 Å². The lowest BCUT2D eigenvalue weighted by atomic mass is 10.5. The topological polar surface area (TPSA) is 12.4 Å². The predicted molar refractivity (Wildman–Crippen MR) is 50.6 cm³/mol. The van der Waals surface area contributed by atoms with Crippen LogP contribution in [-0.2, 0) is 0 Å². The average Bonchev–Trinajstić information content (AvgIpc) is 1.86. The van der Waals surface area contributed by atoms with Gasteiger partial charge in [0.05, 0.1) is 5.04 Å². The van der Waals surface area contributed by atoms with E-state index in [0.29, 0.717) is 0 Å². The zero-order valence-electron chi connectivity index (χ0n) is 6.72. The highest BCUT2D eigenvalue weighted by Gasteiger charge is 1.87. The number of aliphatic imine (C=N–C) groups is 1. The molecule has 0 aromatic rings. The second kappa shape index (κ2) is 5.30. The van der Waals surface area contributed by atoms with Gasteiger partial charge in [0.2, 0.25) is 0 Å². The molecule has 0 amide bonds. The van der Waals surface area contributed by atoms with Crippen LogP contribution in [0.4, 0.5) is 0 Å². The summed E-state index contributed by atoms with van der Waals surface area (Å²) >= 11 is 1.63. The van der Waals surface area contributed by atoms with Crippen LogP contribution in [0.5, 0.6) is 0 Å². The number of nitrogens with zero attached hydrogens (tertiary/aromatic N) is 1. The summed E-state index contributed by atoms with van der Waals surface area (Å²) in [5.41, 5.74) is 0.849. The maximum Gasteiger partial charge on any atom is 0.0956 e. The van der Waals surface area contributed by atoms with E-state index in [4.69, 9.17) is 0 Å². The molecule has 2 heteroatoms. The fourth-order valence-corrected chi connectivity index (χ4v) is 1.00. The van der Waals surface area contributed by atoms with Gasteiger partial charge in [-0.05, 0) is 26.2 Å². The summed E-state index contributed by atoms with van der Waals surface area (Å²) < 4.78 is 0. The lowest BCUT2D eigenvalue weighted by Gasteiger charge is -1.93. The second-order valence-electron chi connectivity index (χ2n) is 1.89. The van der Waals surface area contributed by atoms with Gasteiger partial charge in [-0.1, -0.05) is 12.7 Å². The molecule has 0 bridgehead atoms. The van der Waals surface area contributed by atoms with Crippen LogP contribution in [-0.4, -0.2) is 11.3 Å². The molecule has 0 aliphatic rings. The maximum absolute atomic E-state index is 4.18. The molecule has 0 heterocycles. The van der Waals surface area contributed by atoms with Gasteiger partial charge in [0.15, 0.2) is 0 Å². The standard InChI is InChI=1S/C8H13NS/c1-5-6-8(10-4)9-7(2)3/h5-6H,2H2,1,3-4H3/b6-5-,9-8?. The Hall–Kier alpha value is -0.500. The van der Waals surface area contributed by atoms with E-state index in [1.807, 2.05) is 32.3 Å². The Labute approximate surface area is 66.9 Å². The second-order valence-corrected chi connectivity index (χ2v) is 2.72. The van der Waals surface area contributed by atoms with Crippen molar-refractivity contribution in [1.82, 2.24) is 0 Å². The third-order valence-electron chi connectivity index (χ3n) is 0.819. The smallest absolute Gasteiger partial charge is 0.0956 e. The molecule has 0 saturated carbocycles. The Morgan fingerprint density at radius 3 is 2.50 bits per heavy atom. The zero-order chi connectivity index (χ0) is 7.98. The van der Waals surface area contributed by atoms with E-state index in [0.717, 1.165) is 10.7 Å². The van der Waals surface area contributed by atoms with Crippen molar-refractivity contribution in [3.63, 3.8) is 0 Å². The van der Waals surface area contributed by atoms with Crippen LogP contribution in [0.25, 0.3) is 0 Å². The molecule has 0 N–H and O–H groups in total. The molecular formula is C8H13NS. The highest BCUT2D eigenvalue weighted by Crippen LogP contribution is 2.03. The summed E-state index contributed by atoms with van der Waals surface area (Å²) in [5.74, 6) is 0. The summed E-state index contributed by atoms with van der Waals surface area (Å²) in [5, 5.41) is 1.01. The third-order valence-corrected chi connectivity index (χ3v) is 1.47. The van der Waals surface area contributed by atoms with Crippen molar-refractivity contribution in [2.75, 3.05) is 6.26 Å². The van der Waals surface area contributed by atoms with E-state index in [1.54, 1.807) is 11.8 Å². The molecule has 0 aliphatic heterocycles. The van der Waals surface area contributed by atoms with Gasteiger partial charge in [0.1, 0.15) is 0 Å². The van der Waals surface area contributed by atoms with E-state index in [9.17, 15) is 0 Å². The molecule has 0 aromatic heterocycles. The maximum atomic E-state index is 4.18. The molecule has 1 nitrogen and oxygen atoms in total. The van der Waals surface area contributed by atoms with Crippen LogP contribution < -0.4 is 0 Å². The SMILES string of the molecule is C=C(C)N=C(/C=C\C)SC. The average molecular weight is 155 g/mol. The fourth-order valence-electron chi connectivity index (χ4n) is 0.482. The van der Waals surface area contributed by atoms with E-state index >= 15 is 0 Å². The molecule has 56 valence electrons. The molecule has 0 aromatic carbocycles. The first-order chi connectivity index (χ1) is 4.70. The first-order valence-corrected chi connectivity index (χ1v) is 4.34. The Balaban J connectivity index is 4.18. The summed E-state index contributed by atoms with van der Waals surface area (Å²) in [7, 11) is 0. The number of thioether (sulfide) groups is 1. The number of allylic oxidation sites excluding steroid dienone is 2. The quantitative estimate of drug-likeness (QED) is 0.441. The van der Waals surface area contributed by atoms with Crippen LogP contribution >= 0.6 is 11.8 Å². The number of rotatable bonds is 2. The molecule has 0 rings (SSSR count). The minimum absolute atomic E-state index is 0.849. The van der Waals surface area contributed by atoms with Crippen molar-refractivity contribution in [3.05, 3.63) is 24.4 Å². The van der Waals surface area contributed by atoms with Crippen molar-refractivity contribution in [1.29, 1.82) is 0 Å². The van der Waals surface area contributed by atoms with Crippen LogP contribution in [0.3, 0.4) is 0 Å². The molecule has 0 fully saturated rings. The van der Waals surface area contributed by atoms with E-state index in [-0.39, 0.29) is 0 Å². The Kier molecular flexibility index (Phi) is 5.03. The van der Waals surface area contributed by atoms with Crippen LogP contribution in [0.1, 0.15) is 13.8 Å². The minimum Gasteiger partial charge on any atom is -0.247 e. The van der Waals surface area contributed by atoms with Crippen molar-refractivity contribution >= 4 is 16.8 Å². The minimum atomic E-state index is 0.849. The lowest BCUT2D eigenvalue weighted by molar-refractivity contribution is 1.34. The Bertz CT molecular complexity index is 168. The van der Waals surface area contributed by atoms with Gasteiger partial charge in [0, 0.05) is 5.70 Å². The van der Waals surface area contributed by atoms with E-state index < -0.39 is 0 Å². The monoisotopic (exact) mass is 155 g/mol. The van der Waals surface area contributed by atoms with E-state index in [2.05, 4.69) is 11.6 Å². The zero-order valence-corrected chi connectivity index (χ0v) is 7.53. The van der Waals surface area contributed by atoms with E-state index in [1.165, 1.54) is 0 Å². The Morgan fingerprint density at radius 2 is 2.20 bits per heavy atom. The van der Waals surface area contributed by atoms with Gasteiger partial charge in [-0.3, -0.25) is 0 Å². The van der Waals surface area contributed by atoms with Crippen LogP contribution in [0, 0.1) is 0 Å². The van der Waals surface area contributed by atoms with Gasteiger partial charge < -0.3 is 0 Å².